The van der Waals surface area contributed by atoms with E-state index in [9.17, 15) is 13.2 Å². The lowest BCUT2D eigenvalue weighted by molar-refractivity contribution is -0.143. The fourth-order valence-corrected chi connectivity index (χ4v) is 4.21. The van der Waals surface area contributed by atoms with Crippen LogP contribution in [0.1, 0.15) is 25.8 Å². The molecule has 0 spiro atoms. The van der Waals surface area contributed by atoms with Crippen molar-refractivity contribution < 1.29 is 17.9 Å². The number of nitrogens with zero attached hydrogens (tertiary/aromatic N) is 6. The third-order valence-corrected chi connectivity index (χ3v) is 6.02. The van der Waals surface area contributed by atoms with Gasteiger partial charge in [-0.2, -0.15) is 18.3 Å². The van der Waals surface area contributed by atoms with Crippen LogP contribution in [0, 0.1) is 0 Å². The summed E-state index contributed by atoms with van der Waals surface area (Å²) in [6.45, 7) is 4.00. The Balaban J connectivity index is 1.70. The van der Waals surface area contributed by atoms with Crippen molar-refractivity contribution in [3.63, 3.8) is 0 Å². The van der Waals surface area contributed by atoms with Gasteiger partial charge in [0.15, 0.2) is 11.5 Å². The molecule has 1 aliphatic rings. The van der Waals surface area contributed by atoms with Gasteiger partial charge >= 0.3 is 6.18 Å². The zero-order valence-corrected chi connectivity index (χ0v) is 19.4. The minimum atomic E-state index is -4.22. The minimum absolute atomic E-state index is 0.0973. The molecule has 11 heteroatoms. The number of hydrogen-bond donors (Lipinski definition) is 1. The SMILES string of the molecule is CCC(CCN(C)CC(F)(F)F)n1ncc2c(N3CCOCC3)nc(-c3ccc(N)cc3)nc21. The van der Waals surface area contributed by atoms with Crippen LogP contribution in [0.3, 0.4) is 0 Å². The van der Waals surface area contributed by atoms with Gasteiger partial charge in [0, 0.05) is 30.9 Å². The zero-order valence-electron chi connectivity index (χ0n) is 19.4. The van der Waals surface area contributed by atoms with Crippen LogP contribution < -0.4 is 10.6 Å². The fraction of sp³-hybridized carbons (Fsp3) is 0.522. The molecule has 4 rings (SSSR count). The van der Waals surface area contributed by atoms with Gasteiger partial charge in [0.25, 0.3) is 0 Å². The van der Waals surface area contributed by atoms with Gasteiger partial charge in [-0.15, -0.1) is 0 Å². The summed E-state index contributed by atoms with van der Waals surface area (Å²) in [7, 11) is 1.49. The Labute approximate surface area is 196 Å². The molecule has 34 heavy (non-hydrogen) atoms. The van der Waals surface area contributed by atoms with Crippen molar-refractivity contribution in [3.8, 4) is 11.4 Å². The first-order valence-corrected chi connectivity index (χ1v) is 11.4. The molecule has 3 heterocycles. The summed E-state index contributed by atoms with van der Waals surface area (Å²) in [5, 5.41) is 5.44. The predicted molar refractivity (Wildman–Crippen MR) is 126 cm³/mol. The van der Waals surface area contributed by atoms with Crippen molar-refractivity contribution in [2.24, 2.45) is 0 Å². The zero-order chi connectivity index (χ0) is 24.3. The monoisotopic (exact) mass is 477 g/mol. The molecule has 2 N–H and O–H groups in total. The number of ether oxygens (including phenoxy) is 1. The second-order valence-electron chi connectivity index (χ2n) is 8.62. The average Bonchev–Trinajstić information content (AvgIpc) is 3.23. The molecule has 0 amide bonds. The van der Waals surface area contributed by atoms with Gasteiger partial charge in [-0.1, -0.05) is 6.92 Å². The normalized spacial score (nSPS) is 15.9. The smallest absolute Gasteiger partial charge is 0.399 e. The van der Waals surface area contributed by atoms with E-state index in [2.05, 4.69) is 10.00 Å². The molecule has 1 aliphatic heterocycles. The number of fused-ring (bicyclic) bond motifs is 1. The summed E-state index contributed by atoms with van der Waals surface area (Å²) < 4.78 is 45.6. The maximum atomic E-state index is 12.7. The summed E-state index contributed by atoms with van der Waals surface area (Å²) in [5.41, 5.74) is 8.01. The molecule has 2 aromatic heterocycles. The average molecular weight is 478 g/mol. The lowest BCUT2D eigenvalue weighted by Crippen LogP contribution is -2.37. The van der Waals surface area contributed by atoms with Gasteiger partial charge in [0.05, 0.1) is 37.4 Å². The molecule has 0 bridgehead atoms. The summed E-state index contributed by atoms with van der Waals surface area (Å²) in [6, 6.07) is 7.27. The summed E-state index contributed by atoms with van der Waals surface area (Å²) in [6.07, 6.45) is -1.23. The summed E-state index contributed by atoms with van der Waals surface area (Å²) in [4.78, 5) is 13.2. The quantitative estimate of drug-likeness (QED) is 0.495. The van der Waals surface area contributed by atoms with Crippen LogP contribution >= 0.6 is 0 Å². The number of nitrogen functional groups attached to an aromatic ring is 1. The molecule has 1 unspecified atom stereocenters. The maximum absolute atomic E-state index is 12.7. The van der Waals surface area contributed by atoms with Crippen LogP contribution in [0.15, 0.2) is 30.5 Å². The van der Waals surface area contributed by atoms with Crippen molar-refractivity contribution in [2.75, 3.05) is 57.1 Å². The number of benzene rings is 1. The van der Waals surface area contributed by atoms with Gasteiger partial charge in [-0.25, -0.2) is 14.6 Å². The van der Waals surface area contributed by atoms with E-state index in [-0.39, 0.29) is 6.04 Å². The first-order valence-electron chi connectivity index (χ1n) is 11.4. The van der Waals surface area contributed by atoms with E-state index >= 15 is 0 Å². The van der Waals surface area contributed by atoms with E-state index in [1.165, 1.54) is 11.9 Å². The highest BCUT2D eigenvalue weighted by Crippen LogP contribution is 2.31. The van der Waals surface area contributed by atoms with E-state index in [0.717, 1.165) is 16.8 Å². The molecule has 8 nitrogen and oxygen atoms in total. The Morgan fingerprint density at radius 1 is 1.15 bits per heavy atom. The molecule has 1 atom stereocenters. The Bertz CT molecular complexity index is 1090. The molecular weight excluding hydrogens is 447 g/mol. The standard InChI is InChI=1S/C23H30F3N7O/c1-3-18(8-9-31(2)15-23(24,25)26)33-22-19(14-28-33)21(32-10-12-34-13-11-32)29-20(30-22)16-4-6-17(27)7-5-16/h4-7,14,18H,3,8-13,15,27H2,1-2H3. The van der Waals surface area contributed by atoms with Crippen LogP contribution in [0.25, 0.3) is 22.4 Å². The molecule has 0 saturated carbocycles. The van der Waals surface area contributed by atoms with Crippen molar-refractivity contribution >= 4 is 22.5 Å². The van der Waals surface area contributed by atoms with E-state index in [4.69, 9.17) is 20.4 Å². The van der Waals surface area contributed by atoms with Gasteiger partial charge in [0.1, 0.15) is 5.82 Å². The Hall–Kier alpha value is -2.92. The number of hydrogen-bond acceptors (Lipinski definition) is 7. The second-order valence-corrected chi connectivity index (χ2v) is 8.62. The number of halogens is 3. The van der Waals surface area contributed by atoms with Crippen molar-refractivity contribution in [2.45, 2.75) is 32.0 Å². The van der Waals surface area contributed by atoms with Crippen molar-refractivity contribution in [1.29, 1.82) is 0 Å². The molecule has 3 aromatic rings. The summed E-state index contributed by atoms with van der Waals surface area (Å²) in [5.74, 6) is 1.34. The van der Waals surface area contributed by atoms with E-state index in [1.54, 1.807) is 18.3 Å². The van der Waals surface area contributed by atoms with Crippen LogP contribution in [0.4, 0.5) is 24.7 Å². The van der Waals surface area contributed by atoms with Gasteiger partial charge in [-0.3, -0.25) is 4.90 Å². The molecule has 1 aromatic carbocycles. The van der Waals surface area contributed by atoms with E-state index < -0.39 is 12.7 Å². The number of nitrogens with two attached hydrogens (primary N) is 1. The number of alkyl halides is 3. The van der Waals surface area contributed by atoms with Gasteiger partial charge in [-0.05, 0) is 44.2 Å². The lowest BCUT2D eigenvalue weighted by Gasteiger charge is -2.28. The minimum Gasteiger partial charge on any atom is -0.399 e. The molecular formula is C23H30F3N7O. The van der Waals surface area contributed by atoms with Gasteiger partial charge < -0.3 is 15.4 Å². The van der Waals surface area contributed by atoms with Crippen LogP contribution in [0.5, 0.6) is 0 Å². The number of rotatable bonds is 8. The number of anilines is 2. The van der Waals surface area contributed by atoms with Crippen molar-refractivity contribution in [1.82, 2.24) is 24.6 Å². The topological polar surface area (TPSA) is 85.3 Å². The maximum Gasteiger partial charge on any atom is 0.401 e. The molecule has 0 radical (unpaired) electrons. The van der Waals surface area contributed by atoms with Crippen LogP contribution in [0.2, 0.25) is 0 Å². The Morgan fingerprint density at radius 3 is 2.50 bits per heavy atom. The van der Waals surface area contributed by atoms with E-state index in [1.807, 2.05) is 23.7 Å². The Kier molecular flexibility index (Phi) is 7.22. The lowest BCUT2D eigenvalue weighted by atomic mass is 10.1. The molecule has 1 fully saturated rings. The fourth-order valence-electron chi connectivity index (χ4n) is 4.21. The highest BCUT2D eigenvalue weighted by molar-refractivity contribution is 5.89. The largest absolute Gasteiger partial charge is 0.401 e. The molecule has 0 aliphatic carbocycles. The van der Waals surface area contributed by atoms with Crippen molar-refractivity contribution in [3.05, 3.63) is 30.5 Å². The highest BCUT2D eigenvalue weighted by Gasteiger charge is 2.29. The second kappa shape index (κ2) is 10.1. The first-order chi connectivity index (χ1) is 16.2. The van der Waals surface area contributed by atoms with Crippen LogP contribution in [-0.4, -0.2) is 77.3 Å². The molecule has 184 valence electrons. The Morgan fingerprint density at radius 2 is 1.85 bits per heavy atom. The van der Waals surface area contributed by atoms with E-state index in [0.29, 0.717) is 62.8 Å². The highest BCUT2D eigenvalue weighted by atomic mass is 19.4. The predicted octanol–water partition coefficient (Wildman–Crippen LogP) is 3.75. The third kappa shape index (κ3) is 5.58. The number of aromatic nitrogens is 4. The van der Waals surface area contributed by atoms with Crippen LogP contribution in [-0.2, 0) is 4.74 Å². The molecule has 1 saturated heterocycles. The third-order valence-electron chi connectivity index (χ3n) is 6.02. The summed E-state index contributed by atoms with van der Waals surface area (Å²) >= 11 is 0. The number of morpholine rings is 1. The van der Waals surface area contributed by atoms with Gasteiger partial charge in [0.2, 0.25) is 0 Å². The first kappa shape index (κ1) is 24.2.